The number of hydrogen-bond acceptors (Lipinski definition) is 4. The van der Waals surface area contributed by atoms with Crippen molar-refractivity contribution in [2.45, 2.75) is 11.1 Å². The first-order chi connectivity index (χ1) is 13.1. The molecule has 0 saturated heterocycles. The number of hydrogen-bond donors (Lipinski definition) is 2. The van der Waals surface area contributed by atoms with Crippen molar-refractivity contribution in [3.05, 3.63) is 65.3 Å². The van der Waals surface area contributed by atoms with Gasteiger partial charge in [-0.05, 0) is 30.3 Å². The summed E-state index contributed by atoms with van der Waals surface area (Å²) in [6.45, 7) is 0. The molecule has 0 fully saturated rings. The van der Waals surface area contributed by atoms with Gasteiger partial charge in [-0.2, -0.15) is 31.2 Å². The van der Waals surface area contributed by atoms with Crippen LogP contribution in [0.15, 0.2) is 59.5 Å². The molecule has 0 spiro atoms. The molecule has 148 valence electrons. The van der Waals surface area contributed by atoms with Crippen LogP contribution in [-0.4, -0.2) is 25.4 Å². The Hall–Kier alpha value is -2.72. The van der Waals surface area contributed by atoms with Crippen LogP contribution in [0.5, 0.6) is 0 Å². The van der Waals surface area contributed by atoms with Crippen LogP contribution < -0.4 is 10.1 Å². The molecule has 2 aromatic carbocycles. The minimum atomic E-state index is -4.75. The van der Waals surface area contributed by atoms with Gasteiger partial charge in [0.15, 0.2) is 5.69 Å². The molecule has 0 saturated carbocycles. The number of alkyl halides is 3. The number of halogens is 4. The Morgan fingerprint density at radius 2 is 1.75 bits per heavy atom. The van der Waals surface area contributed by atoms with Gasteiger partial charge in [-0.3, -0.25) is 0 Å². The smallest absolute Gasteiger partial charge is 0.387 e. The average molecular weight is 431 g/mol. The molecule has 28 heavy (non-hydrogen) atoms. The first-order valence-electron chi connectivity index (χ1n) is 7.84. The summed E-state index contributed by atoms with van der Waals surface area (Å²) in [7, 11) is -2.56. The van der Waals surface area contributed by atoms with E-state index in [1.165, 1.54) is 42.5 Å². The van der Waals surface area contributed by atoms with E-state index in [0.717, 1.165) is 6.07 Å². The number of aromatic nitrogens is 2. The predicted octanol–water partition coefficient (Wildman–Crippen LogP) is 4.20. The van der Waals surface area contributed by atoms with Crippen molar-refractivity contribution in [1.29, 1.82) is 0 Å². The van der Waals surface area contributed by atoms with Crippen molar-refractivity contribution in [2.24, 2.45) is 0 Å². The Morgan fingerprint density at radius 1 is 1.07 bits per heavy atom. The topological polar surface area (TPSA) is 76.0 Å². The molecular weight excluding hydrogens is 417 g/mol. The van der Waals surface area contributed by atoms with Crippen molar-refractivity contribution >= 4 is 27.3 Å². The molecule has 1 heterocycles. The maximum Gasteiger partial charge on any atom is 0.435 e. The molecule has 0 atom stereocenters. The highest BCUT2D eigenvalue weighted by Gasteiger charge is 2.35. The second-order valence-corrected chi connectivity index (χ2v) is 7.74. The molecule has 0 aliphatic rings. The van der Waals surface area contributed by atoms with Crippen molar-refractivity contribution in [1.82, 2.24) is 9.89 Å². The van der Waals surface area contributed by atoms with Crippen molar-refractivity contribution in [3.8, 4) is 11.3 Å². The highest BCUT2D eigenvalue weighted by atomic mass is 35.5. The van der Waals surface area contributed by atoms with E-state index in [1.807, 2.05) is 0 Å². The lowest BCUT2D eigenvalue weighted by Crippen LogP contribution is -2.25. The first kappa shape index (κ1) is 20.0. The van der Waals surface area contributed by atoms with Crippen LogP contribution in [0.4, 0.5) is 18.9 Å². The van der Waals surface area contributed by atoms with Gasteiger partial charge in [0.1, 0.15) is 0 Å². The van der Waals surface area contributed by atoms with Crippen LogP contribution >= 0.6 is 11.6 Å². The normalized spacial score (nSPS) is 12.0. The van der Waals surface area contributed by atoms with E-state index in [0.29, 0.717) is 15.5 Å². The molecule has 6 nitrogen and oxygen atoms in total. The Labute approximate surface area is 164 Å². The highest BCUT2D eigenvalue weighted by molar-refractivity contribution is 7.92. The maximum absolute atomic E-state index is 13.2. The molecule has 1 aromatic heterocycles. The molecule has 0 aliphatic heterocycles. The monoisotopic (exact) mass is 430 g/mol. The van der Waals surface area contributed by atoms with Gasteiger partial charge < -0.3 is 5.32 Å². The summed E-state index contributed by atoms with van der Waals surface area (Å²) in [4.78, 5) is 2.55. The standard InChI is InChI=1S/C17H14ClF3N4O2S/c1-22-14-9-11(7-8-13(14)18)15-10-16(17(19,20)21)23-25(15)24-28(26,27)12-5-3-2-4-6-12/h2-10,22,24H,1H3. The van der Waals surface area contributed by atoms with Crippen LogP contribution in [-0.2, 0) is 16.2 Å². The van der Waals surface area contributed by atoms with E-state index in [4.69, 9.17) is 11.6 Å². The van der Waals surface area contributed by atoms with Crippen LogP contribution in [0.2, 0.25) is 5.02 Å². The lowest BCUT2D eigenvalue weighted by molar-refractivity contribution is -0.141. The summed E-state index contributed by atoms with van der Waals surface area (Å²) in [5.74, 6) is 0. The Bertz CT molecular complexity index is 1100. The van der Waals surface area contributed by atoms with Crippen molar-refractivity contribution < 1.29 is 21.6 Å². The number of benzene rings is 2. The van der Waals surface area contributed by atoms with Gasteiger partial charge in [0.25, 0.3) is 10.0 Å². The number of anilines is 1. The van der Waals surface area contributed by atoms with E-state index in [1.54, 1.807) is 13.1 Å². The van der Waals surface area contributed by atoms with Crippen LogP contribution in [0.25, 0.3) is 11.3 Å². The summed E-state index contributed by atoms with van der Waals surface area (Å²) in [5, 5.41) is 6.57. The van der Waals surface area contributed by atoms with Gasteiger partial charge in [-0.25, -0.2) is 0 Å². The molecule has 2 N–H and O–H groups in total. The number of nitrogens with zero attached hydrogens (tertiary/aromatic N) is 2. The second kappa shape index (κ2) is 7.36. The first-order valence-corrected chi connectivity index (χ1v) is 9.71. The molecule has 11 heteroatoms. The van der Waals surface area contributed by atoms with Crippen LogP contribution in [0.3, 0.4) is 0 Å². The lowest BCUT2D eigenvalue weighted by atomic mass is 10.1. The quantitative estimate of drug-likeness (QED) is 0.636. The predicted molar refractivity (Wildman–Crippen MR) is 100 cm³/mol. The molecule has 0 unspecified atom stereocenters. The zero-order valence-electron chi connectivity index (χ0n) is 14.3. The second-order valence-electron chi connectivity index (χ2n) is 5.68. The fourth-order valence-electron chi connectivity index (χ4n) is 2.44. The van der Waals surface area contributed by atoms with Crippen molar-refractivity contribution in [2.75, 3.05) is 17.2 Å². The maximum atomic E-state index is 13.2. The molecule has 3 rings (SSSR count). The average Bonchev–Trinajstić information content (AvgIpc) is 3.06. The van der Waals surface area contributed by atoms with E-state index in [2.05, 4.69) is 15.2 Å². The summed E-state index contributed by atoms with van der Waals surface area (Å²) < 4.78 is 64.6. The van der Waals surface area contributed by atoms with Gasteiger partial charge in [0.05, 0.1) is 21.3 Å². The minimum Gasteiger partial charge on any atom is -0.387 e. The lowest BCUT2D eigenvalue weighted by Gasteiger charge is -2.12. The fraction of sp³-hybridized carbons (Fsp3) is 0.118. The number of nitrogens with one attached hydrogen (secondary N) is 2. The number of sulfonamides is 1. The summed E-state index contributed by atoms with van der Waals surface area (Å²) in [5.41, 5.74) is -0.585. The molecular formula is C17H14ClF3N4O2S. The Kier molecular flexibility index (Phi) is 5.26. The number of rotatable bonds is 5. The molecule has 0 bridgehead atoms. The molecule has 0 aliphatic carbocycles. The largest absolute Gasteiger partial charge is 0.435 e. The zero-order valence-corrected chi connectivity index (χ0v) is 15.9. The third-order valence-electron chi connectivity index (χ3n) is 3.79. The summed E-state index contributed by atoms with van der Waals surface area (Å²) in [6, 6.07) is 12.5. The Balaban J connectivity index is 2.12. The minimum absolute atomic E-state index is 0.0972. The highest BCUT2D eigenvalue weighted by Crippen LogP contribution is 2.34. The third kappa shape index (κ3) is 4.07. The van der Waals surface area contributed by atoms with E-state index in [9.17, 15) is 21.6 Å². The Morgan fingerprint density at radius 3 is 2.36 bits per heavy atom. The fourth-order valence-corrected chi connectivity index (χ4v) is 3.64. The molecule has 0 radical (unpaired) electrons. The van der Waals surface area contributed by atoms with E-state index in [-0.39, 0.29) is 16.2 Å². The van der Waals surface area contributed by atoms with E-state index >= 15 is 0 Å². The molecule has 3 aromatic rings. The summed E-state index contributed by atoms with van der Waals surface area (Å²) >= 11 is 6.01. The molecule has 0 amide bonds. The zero-order chi connectivity index (χ0) is 20.5. The van der Waals surface area contributed by atoms with Gasteiger partial charge in [-0.15, -0.1) is 5.10 Å². The van der Waals surface area contributed by atoms with Gasteiger partial charge in [0, 0.05) is 12.6 Å². The SMILES string of the molecule is CNc1cc(-c2cc(C(F)(F)F)nn2NS(=O)(=O)c2ccccc2)ccc1Cl. The van der Waals surface area contributed by atoms with Crippen LogP contribution in [0.1, 0.15) is 5.69 Å². The van der Waals surface area contributed by atoms with Crippen molar-refractivity contribution in [3.63, 3.8) is 0 Å². The van der Waals surface area contributed by atoms with Gasteiger partial charge >= 0.3 is 6.18 Å². The summed E-state index contributed by atoms with van der Waals surface area (Å²) in [6.07, 6.45) is -4.75. The third-order valence-corrected chi connectivity index (χ3v) is 5.43. The van der Waals surface area contributed by atoms with E-state index < -0.39 is 21.9 Å². The van der Waals surface area contributed by atoms with Crippen LogP contribution in [0, 0.1) is 0 Å². The van der Waals surface area contributed by atoms with Gasteiger partial charge in [-0.1, -0.05) is 35.9 Å². The van der Waals surface area contributed by atoms with Gasteiger partial charge in [0.2, 0.25) is 0 Å².